The predicted octanol–water partition coefficient (Wildman–Crippen LogP) is 6.99. The molecule has 1 amide bonds. The quantitative estimate of drug-likeness (QED) is 0.199. The standard InChI is InChI=1S/C35H34FN5O3/c1-40-28-20-23(12-13-24(28)30(22-8-3-4-9-22)31(40)27-10-5-6-17-37-27)32(42)39-35(15-7-16-35)34-38-26-14-11-21(18-25(36)33(43)44)19-29(26)41(34)2/h5-6,10-14,17-20,22H,3-4,7-9,15-16H2,1-2H3,(H,39,42)(H,43,44)/b25-18-. The number of hydrogen-bond donors (Lipinski definition) is 2. The SMILES string of the molecule is Cn1c(C2(NC(=O)c3ccc4c(C5CCCC5)c(-c5ccccn5)n(C)c4c3)CCC2)nc2ccc(/C=C(\F)C(=O)O)cc21. The van der Waals surface area contributed by atoms with Gasteiger partial charge in [0.25, 0.3) is 5.91 Å². The molecule has 0 radical (unpaired) electrons. The average Bonchev–Trinajstić information content (AvgIpc) is 3.72. The van der Waals surface area contributed by atoms with Crippen LogP contribution in [0.4, 0.5) is 4.39 Å². The summed E-state index contributed by atoms with van der Waals surface area (Å²) in [6, 6.07) is 17.1. The summed E-state index contributed by atoms with van der Waals surface area (Å²) in [6.45, 7) is 0. The number of carbonyl (C=O) groups excluding carboxylic acids is 1. The second kappa shape index (κ2) is 10.7. The Hall–Kier alpha value is -4.79. The molecule has 8 nitrogen and oxygen atoms in total. The van der Waals surface area contributed by atoms with Crippen molar-refractivity contribution in [3.63, 3.8) is 0 Å². The summed E-state index contributed by atoms with van der Waals surface area (Å²) in [5.41, 5.74) is 6.22. The van der Waals surface area contributed by atoms with E-state index in [-0.39, 0.29) is 5.91 Å². The first kappa shape index (κ1) is 28.0. The van der Waals surface area contributed by atoms with E-state index in [0.717, 1.165) is 66.4 Å². The second-order valence-electron chi connectivity index (χ2n) is 12.2. The summed E-state index contributed by atoms with van der Waals surface area (Å²) in [5, 5.41) is 13.4. The number of carbonyl (C=O) groups is 2. The lowest BCUT2D eigenvalue weighted by atomic mass is 9.75. The van der Waals surface area contributed by atoms with Crippen LogP contribution in [0.2, 0.25) is 0 Å². The number of benzene rings is 2. The molecule has 9 heteroatoms. The molecule has 2 saturated carbocycles. The minimum absolute atomic E-state index is 0.159. The van der Waals surface area contributed by atoms with E-state index in [2.05, 4.69) is 29.1 Å². The summed E-state index contributed by atoms with van der Waals surface area (Å²) in [4.78, 5) is 34.4. The van der Waals surface area contributed by atoms with E-state index in [1.165, 1.54) is 23.8 Å². The zero-order valence-corrected chi connectivity index (χ0v) is 24.8. The van der Waals surface area contributed by atoms with Gasteiger partial charge in [-0.2, -0.15) is 4.39 Å². The van der Waals surface area contributed by atoms with Crippen molar-refractivity contribution in [1.29, 1.82) is 0 Å². The van der Waals surface area contributed by atoms with Crippen LogP contribution < -0.4 is 5.32 Å². The minimum Gasteiger partial charge on any atom is -0.476 e. The molecule has 3 heterocycles. The molecule has 2 aromatic carbocycles. The van der Waals surface area contributed by atoms with Gasteiger partial charge in [-0.3, -0.25) is 9.78 Å². The molecule has 0 saturated heterocycles. The Kier molecular flexibility index (Phi) is 6.83. The Morgan fingerprint density at radius 3 is 2.48 bits per heavy atom. The first-order valence-electron chi connectivity index (χ1n) is 15.2. The van der Waals surface area contributed by atoms with Crippen LogP contribution in [0.5, 0.6) is 0 Å². The van der Waals surface area contributed by atoms with Crippen LogP contribution >= 0.6 is 0 Å². The zero-order chi connectivity index (χ0) is 30.6. The third-order valence-corrected chi connectivity index (χ3v) is 9.56. The normalized spacial score (nSPS) is 16.8. The largest absolute Gasteiger partial charge is 0.476 e. The van der Waals surface area contributed by atoms with Crippen LogP contribution in [0.3, 0.4) is 0 Å². The maximum absolute atomic E-state index is 13.9. The van der Waals surface area contributed by atoms with Crippen molar-refractivity contribution >= 4 is 39.9 Å². The van der Waals surface area contributed by atoms with Crippen LogP contribution in [0, 0.1) is 0 Å². The van der Waals surface area contributed by atoms with Crippen molar-refractivity contribution in [2.75, 3.05) is 0 Å². The molecule has 5 aromatic rings. The Bertz CT molecular complexity index is 1960. The number of nitrogens with zero attached hydrogens (tertiary/aromatic N) is 4. The van der Waals surface area contributed by atoms with Crippen molar-refractivity contribution in [1.82, 2.24) is 24.4 Å². The molecule has 2 fully saturated rings. The molecule has 2 aliphatic rings. The van der Waals surface area contributed by atoms with Gasteiger partial charge in [-0.1, -0.05) is 31.0 Å². The third kappa shape index (κ3) is 4.58. The summed E-state index contributed by atoms with van der Waals surface area (Å²) >= 11 is 0. The fourth-order valence-electron chi connectivity index (χ4n) is 7.20. The fraction of sp³-hybridized carbons (Fsp3) is 0.314. The van der Waals surface area contributed by atoms with Gasteiger partial charge in [0.15, 0.2) is 0 Å². The van der Waals surface area contributed by atoms with Gasteiger partial charge in [0.2, 0.25) is 5.83 Å². The summed E-state index contributed by atoms with van der Waals surface area (Å²) in [5.74, 6) is -1.79. The monoisotopic (exact) mass is 591 g/mol. The Morgan fingerprint density at radius 2 is 1.80 bits per heavy atom. The van der Waals surface area contributed by atoms with Crippen LogP contribution in [-0.2, 0) is 24.4 Å². The molecule has 0 spiro atoms. The highest BCUT2D eigenvalue weighted by Gasteiger charge is 2.44. The highest BCUT2D eigenvalue weighted by molar-refractivity contribution is 6.01. The lowest BCUT2D eigenvalue weighted by Gasteiger charge is -2.41. The molecule has 3 aromatic heterocycles. The summed E-state index contributed by atoms with van der Waals surface area (Å²) < 4.78 is 17.9. The molecule has 7 rings (SSSR count). The van der Waals surface area contributed by atoms with Gasteiger partial charge in [0.05, 0.1) is 28.0 Å². The number of hydrogen-bond acceptors (Lipinski definition) is 4. The number of rotatable bonds is 7. The van der Waals surface area contributed by atoms with E-state index in [4.69, 9.17) is 15.1 Å². The minimum atomic E-state index is -1.61. The number of fused-ring (bicyclic) bond motifs is 2. The highest BCUT2D eigenvalue weighted by atomic mass is 19.1. The van der Waals surface area contributed by atoms with E-state index >= 15 is 0 Å². The molecule has 0 bridgehead atoms. The number of aliphatic carboxylic acids is 1. The van der Waals surface area contributed by atoms with E-state index in [1.807, 2.05) is 42.1 Å². The molecule has 0 unspecified atom stereocenters. The van der Waals surface area contributed by atoms with Gasteiger partial charge in [-0.25, -0.2) is 9.78 Å². The molecule has 2 aliphatic carbocycles. The third-order valence-electron chi connectivity index (χ3n) is 9.56. The van der Waals surface area contributed by atoms with Crippen LogP contribution in [0.25, 0.3) is 39.4 Å². The number of pyridine rings is 1. The van der Waals surface area contributed by atoms with Gasteiger partial charge in [0, 0.05) is 36.8 Å². The van der Waals surface area contributed by atoms with E-state index in [0.29, 0.717) is 22.6 Å². The predicted molar refractivity (Wildman–Crippen MR) is 168 cm³/mol. The Morgan fingerprint density at radius 1 is 1.00 bits per heavy atom. The average molecular weight is 592 g/mol. The Labute approximate surface area is 254 Å². The maximum atomic E-state index is 13.9. The molecule has 224 valence electrons. The maximum Gasteiger partial charge on any atom is 0.364 e. The Balaban J connectivity index is 1.24. The van der Waals surface area contributed by atoms with Gasteiger partial charge in [-0.15, -0.1) is 0 Å². The van der Waals surface area contributed by atoms with Crippen LogP contribution in [0.15, 0.2) is 66.6 Å². The van der Waals surface area contributed by atoms with Gasteiger partial charge < -0.3 is 19.6 Å². The molecule has 44 heavy (non-hydrogen) atoms. The van der Waals surface area contributed by atoms with Gasteiger partial charge in [-0.05, 0) is 91.6 Å². The molecule has 2 N–H and O–H groups in total. The van der Waals surface area contributed by atoms with Crippen molar-refractivity contribution in [2.45, 2.75) is 56.4 Å². The molecular weight excluding hydrogens is 557 g/mol. The van der Waals surface area contributed by atoms with E-state index in [9.17, 15) is 14.0 Å². The van der Waals surface area contributed by atoms with Crippen LogP contribution in [-0.4, -0.2) is 36.1 Å². The second-order valence-corrected chi connectivity index (χ2v) is 12.2. The smallest absolute Gasteiger partial charge is 0.364 e. The number of imidazole rings is 1. The number of aryl methyl sites for hydroxylation is 2. The van der Waals surface area contributed by atoms with Crippen molar-refractivity contribution in [3.05, 3.63) is 89.1 Å². The fourth-order valence-corrected chi connectivity index (χ4v) is 7.20. The number of nitrogens with one attached hydrogen (secondary N) is 1. The zero-order valence-electron chi connectivity index (χ0n) is 24.8. The van der Waals surface area contributed by atoms with Crippen LogP contribution in [0.1, 0.15) is 78.2 Å². The molecule has 0 atom stereocenters. The van der Waals surface area contributed by atoms with Gasteiger partial charge in [0.1, 0.15) is 5.82 Å². The molecule has 0 aliphatic heterocycles. The van der Waals surface area contributed by atoms with Crippen molar-refractivity contribution in [2.24, 2.45) is 14.1 Å². The number of carboxylic acids is 1. The highest BCUT2D eigenvalue weighted by Crippen LogP contribution is 2.45. The number of halogens is 1. The first-order valence-corrected chi connectivity index (χ1v) is 15.2. The number of aromatic nitrogens is 4. The number of carboxylic acid groups (broad SMARTS) is 1. The first-order chi connectivity index (χ1) is 21.3. The van der Waals surface area contributed by atoms with E-state index in [1.54, 1.807) is 18.2 Å². The van der Waals surface area contributed by atoms with Crippen molar-refractivity contribution in [3.8, 4) is 11.4 Å². The summed E-state index contributed by atoms with van der Waals surface area (Å²) in [7, 11) is 3.93. The summed E-state index contributed by atoms with van der Waals surface area (Å²) in [6.07, 6.45) is 10.0. The van der Waals surface area contributed by atoms with Gasteiger partial charge >= 0.3 is 5.97 Å². The topological polar surface area (TPSA) is 102 Å². The van der Waals surface area contributed by atoms with Crippen molar-refractivity contribution < 1.29 is 19.1 Å². The lowest BCUT2D eigenvalue weighted by Crippen LogP contribution is -2.52. The molecular formula is C35H34FN5O3. The lowest BCUT2D eigenvalue weighted by molar-refractivity contribution is -0.134. The van der Waals surface area contributed by atoms with E-state index < -0.39 is 17.3 Å². The number of amides is 1.